The van der Waals surface area contributed by atoms with Crippen LogP contribution >= 0.6 is 0 Å². The number of hydrogen-bond donors (Lipinski definition) is 2. The van der Waals surface area contributed by atoms with Crippen LogP contribution in [0, 0.1) is 6.92 Å². The lowest BCUT2D eigenvalue weighted by molar-refractivity contribution is 0.0703. The van der Waals surface area contributed by atoms with Crippen LogP contribution in [0.4, 0.5) is 5.95 Å². The third-order valence-electron chi connectivity index (χ3n) is 5.18. The van der Waals surface area contributed by atoms with Gasteiger partial charge in [-0.05, 0) is 37.6 Å². The Balaban J connectivity index is 1.72. The molecule has 0 aliphatic carbocycles. The standard InChI is InChI=1S/C22H22N4O2/c1-13-4-3-5-17(10-13)20-18-11-26(14(2)19(18)24-22(23)25-20)21(28)16-8-6-15(12-27)7-9-16/h3-10,14,27H,11-12H2,1-2H3,(H2,23,24,25)/t14-/m0/s1. The van der Waals surface area contributed by atoms with E-state index >= 15 is 0 Å². The number of aromatic nitrogens is 2. The summed E-state index contributed by atoms with van der Waals surface area (Å²) in [5.74, 6) is 0.132. The summed E-state index contributed by atoms with van der Waals surface area (Å²) in [4.78, 5) is 23.8. The van der Waals surface area contributed by atoms with Crippen molar-refractivity contribution in [3.63, 3.8) is 0 Å². The normalized spacial score (nSPS) is 15.5. The van der Waals surface area contributed by atoms with Gasteiger partial charge in [0, 0.05) is 16.7 Å². The molecular formula is C22H22N4O2. The maximum absolute atomic E-state index is 13.1. The van der Waals surface area contributed by atoms with Crippen LogP contribution in [-0.4, -0.2) is 25.9 Å². The Morgan fingerprint density at radius 3 is 2.64 bits per heavy atom. The zero-order valence-electron chi connectivity index (χ0n) is 15.9. The molecule has 0 bridgehead atoms. The molecule has 6 nitrogen and oxygen atoms in total. The Morgan fingerprint density at radius 1 is 1.21 bits per heavy atom. The van der Waals surface area contributed by atoms with E-state index in [2.05, 4.69) is 16.0 Å². The fourth-order valence-corrected chi connectivity index (χ4v) is 3.67. The first kappa shape index (κ1) is 18.1. The van der Waals surface area contributed by atoms with E-state index in [1.54, 1.807) is 29.2 Å². The van der Waals surface area contributed by atoms with Crippen LogP contribution in [0.1, 0.15) is 45.7 Å². The van der Waals surface area contributed by atoms with Gasteiger partial charge in [0.1, 0.15) is 0 Å². The average Bonchev–Trinajstić information content (AvgIpc) is 3.03. The highest BCUT2D eigenvalue weighted by Crippen LogP contribution is 2.38. The number of anilines is 1. The predicted octanol–water partition coefficient (Wildman–Crippen LogP) is 3.24. The van der Waals surface area contributed by atoms with Gasteiger partial charge in [-0.25, -0.2) is 9.97 Å². The van der Waals surface area contributed by atoms with Gasteiger partial charge in [0.15, 0.2) is 0 Å². The van der Waals surface area contributed by atoms with Gasteiger partial charge in [0.2, 0.25) is 5.95 Å². The number of fused-ring (bicyclic) bond motifs is 1. The SMILES string of the molecule is Cc1cccc(-c2nc(N)nc3c2CN(C(=O)c2ccc(CO)cc2)[C@H]3C)c1. The molecule has 1 aliphatic rings. The Morgan fingerprint density at radius 2 is 1.96 bits per heavy atom. The Labute approximate surface area is 163 Å². The smallest absolute Gasteiger partial charge is 0.254 e. The Kier molecular flexibility index (Phi) is 4.57. The molecule has 1 aromatic heterocycles. The molecule has 0 saturated heterocycles. The molecule has 4 rings (SSSR count). The number of hydrogen-bond acceptors (Lipinski definition) is 5. The first-order valence-electron chi connectivity index (χ1n) is 9.22. The molecule has 1 aliphatic heterocycles. The lowest BCUT2D eigenvalue weighted by Gasteiger charge is -2.21. The zero-order valence-corrected chi connectivity index (χ0v) is 15.9. The number of carbonyl (C=O) groups is 1. The lowest BCUT2D eigenvalue weighted by Crippen LogP contribution is -2.28. The molecule has 0 fully saturated rings. The fourth-order valence-electron chi connectivity index (χ4n) is 3.67. The maximum Gasteiger partial charge on any atom is 0.254 e. The molecule has 0 radical (unpaired) electrons. The van der Waals surface area contributed by atoms with Crippen LogP contribution in [0.5, 0.6) is 0 Å². The van der Waals surface area contributed by atoms with E-state index in [4.69, 9.17) is 5.73 Å². The van der Waals surface area contributed by atoms with E-state index in [0.29, 0.717) is 12.1 Å². The summed E-state index contributed by atoms with van der Waals surface area (Å²) in [5, 5.41) is 9.20. The van der Waals surface area contributed by atoms with Crippen molar-refractivity contribution in [1.82, 2.24) is 14.9 Å². The number of aliphatic hydroxyl groups is 1. The minimum Gasteiger partial charge on any atom is -0.392 e. The minimum absolute atomic E-state index is 0.0469. The number of aliphatic hydroxyl groups excluding tert-OH is 1. The second-order valence-corrected chi connectivity index (χ2v) is 7.13. The number of nitrogen functional groups attached to an aromatic ring is 1. The monoisotopic (exact) mass is 374 g/mol. The van der Waals surface area contributed by atoms with Gasteiger partial charge in [-0.2, -0.15) is 0 Å². The van der Waals surface area contributed by atoms with Gasteiger partial charge in [0.05, 0.1) is 30.6 Å². The van der Waals surface area contributed by atoms with Crippen LogP contribution in [-0.2, 0) is 13.2 Å². The first-order chi connectivity index (χ1) is 13.5. The van der Waals surface area contributed by atoms with Crippen molar-refractivity contribution in [1.29, 1.82) is 0 Å². The quantitative estimate of drug-likeness (QED) is 0.734. The first-order valence-corrected chi connectivity index (χ1v) is 9.22. The summed E-state index contributed by atoms with van der Waals surface area (Å²) in [6.45, 7) is 4.37. The Bertz CT molecular complexity index is 1050. The zero-order chi connectivity index (χ0) is 19.8. The Hall–Kier alpha value is -3.25. The molecule has 0 unspecified atom stereocenters. The summed E-state index contributed by atoms with van der Waals surface area (Å²) in [6.07, 6.45) is 0. The van der Waals surface area contributed by atoms with Crippen molar-refractivity contribution >= 4 is 11.9 Å². The minimum atomic E-state index is -0.200. The number of carbonyl (C=O) groups excluding carboxylic acids is 1. The fraction of sp³-hybridized carbons (Fsp3) is 0.227. The number of amides is 1. The van der Waals surface area contributed by atoms with E-state index in [9.17, 15) is 9.90 Å². The molecule has 2 aromatic carbocycles. The topological polar surface area (TPSA) is 92.3 Å². The number of nitrogens with two attached hydrogens (primary N) is 1. The molecule has 28 heavy (non-hydrogen) atoms. The van der Waals surface area contributed by atoms with Crippen molar-refractivity contribution in [2.75, 3.05) is 5.73 Å². The molecule has 0 spiro atoms. The van der Waals surface area contributed by atoms with E-state index in [-0.39, 0.29) is 24.5 Å². The van der Waals surface area contributed by atoms with E-state index in [0.717, 1.165) is 33.6 Å². The number of nitrogens with zero attached hydrogens (tertiary/aromatic N) is 3. The van der Waals surface area contributed by atoms with Crippen molar-refractivity contribution < 1.29 is 9.90 Å². The third-order valence-corrected chi connectivity index (χ3v) is 5.18. The van der Waals surface area contributed by atoms with Gasteiger partial charge < -0.3 is 15.7 Å². The van der Waals surface area contributed by atoms with Crippen LogP contribution < -0.4 is 5.73 Å². The van der Waals surface area contributed by atoms with E-state index < -0.39 is 0 Å². The van der Waals surface area contributed by atoms with Crippen molar-refractivity contribution in [2.45, 2.75) is 33.0 Å². The molecule has 1 atom stereocenters. The van der Waals surface area contributed by atoms with Crippen LogP contribution in [0.2, 0.25) is 0 Å². The van der Waals surface area contributed by atoms with Gasteiger partial charge in [-0.15, -0.1) is 0 Å². The predicted molar refractivity (Wildman–Crippen MR) is 107 cm³/mol. The second-order valence-electron chi connectivity index (χ2n) is 7.13. The van der Waals surface area contributed by atoms with E-state index in [1.807, 2.05) is 32.0 Å². The van der Waals surface area contributed by atoms with Crippen molar-refractivity contribution in [3.8, 4) is 11.3 Å². The van der Waals surface area contributed by atoms with Crippen LogP contribution in [0.3, 0.4) is 0 Å². The van der Waals surface area contributed by atoms with Gasteiger partial charge in [-0.3, -0.25) is 4.79 Å². The molecule has 3 N–H and O–H groups in total. The molecule has 3 aromatic rings. The average molecular weight is 374 g/mol. The molecule has 1 amide bonds. The summed E-state index contributed by atoms with van der Waals surface area (Å²) < 4.78 is 0. The maximum atomic E-state index is 13.1. The summed E-state index contributed by atoms with van der Waals surface area (Å²) in [7, 11) is 0. The highest BCUT2D eigenvalue weighted by molar-refractivity contribution is 5.95. The molecule has 6 heteroatoms. The molecule has 0 saturated carbocycles. The molecule has 142 valence electrons. The highest BCUT2D eigenvalue weighted by Gasteiger charge is 2.35. The third kappa shape index (κ3) is 3.12. The lowest BCUT2D eigenvalue weighted by atomic mass is 10.0. The summed E-state index contributed by atoms with van der Waals surface area (Å²) >= 11 is 0. The summed E-state index contributed by atoms with van der Waals surface area (Å²) in [5.41, 5.74) is 12.0. The van der Waals surface area contributed by atoms with Crippen molar-refractivity contribution in [3.05, 3.63) is 76.5 Å². The molecular weight excluding hydrogens is 352 g/mol. The van der Waals surface area contributed by atoms with Gasteiger partial charge >= 0.3 is 0 Å². The molecule has 2 heterocycles. The van der Waals surface area contributed by atoms with Gasteiger partial charge in [-0.1, -0.05) is 35.9 Å². The number of benzene rings is 2. The van der Waals surface area contributed by atoms with Crippen LogP contribution in [0.25, 0.3) is 11.3 Å². The number of rotatable bonds is 3. The van der Waals surface area contributed by atoms with Gasteiger partial charge in [0.25, 0.3) is 5.91 Å². The largest absolute Gasteiger partial charge is 0.392 e. The second kappa shape index (κ2) is 7.05. The van der Waals surface area contributed by atoms with Crippen LogP contribution in [0.15, 0.2) is 48.5 Å². The highest BCUT2D eigenvalue weighted by atomic mass is 16.3. The number of aryl methyl sites for hydroxylation is 1. The van der Waals surface area contributed by atoms with Crippen molar-refractivity contribution in [2.24, 2.45) is 0 Å². The van der Waals surface area contributed by atoms with E-state index in [1.165, 1.54) is 0 Å². The summed E-state index contributed by atoms with van der Waals surface area (Å²) in [6, 6.07) is 14.9.